The van der Waals surface area contributed by atoms with Crippen LogP contribution in [-0.2, 0) is 4.74 Å². The fourth-order valence-corrected chi connectivity index (χ4v) is 1.12. The van der Waals surface area contributed by atoms with Gasteiger partial charge in [-0.05, 0) is 26.8 Å². The predicted octanol–water partition coefficient (Wildman–Crippen LogP) is 2.69. The standard InChI is InChI=1S/C11H12FNO4/c1-11(2,3)17-10(14)8-5-4-7(13(15)16)6-9(8)12/h4-6H,1-3H3. The van der Waals surface area contributed by atoms with Gasteiger partial charge in [-0.15, -0.1) is 0 Å². The maximum atomic E-state index is 13.4. The number of carbonyl (C=O) groups is 1. The lowest BCUT2D eigenvalue weighted by molar-refractivity contribution is -0.385. The number of nitrogens with zero attached hydrogens (tertiary/aromatic N) is 1. The van der Waals surface area contributed by atoms with E-state index in [4.69, 9.17) is 4.74 Å². The lowest BCUT2D eigenvalue weighted by Gasteiger charge is -2.19. The fourth-order valence-electron chi connectivity index (χ4n) is 1.12. The van der Waals surface area contributed by atoms with Gasteiger partial charge in [-0.3, -0.25) is 10.1 Å². The van der Waals surface area contributed by atoms with Crippen molar-refractivity contribution in [3.8, 4) is 0 Å². The number of nitro groups is 1. The van der Waals surface area contributed by atoms with E-state index in [9.17, 15) is 19.3 Å². The molecule has 1 aromatic carbocycles. The van der Waals surface area contributed by atoms with E-state index >= 15 is 0 Å². The molecule has 0 radical (unpaired) electrons. The van der Waals surface area contributed by atoms with Gasteiger partial charge in [0.2, 0.25) is 0 Å². The van der Waals surface area contributed by atoms with Crippen molar-refractivity contribution in [2.75, 3.05) is 0 Å². The third kappa shape index (κ3) is 3.51. The van der Waals surface area contributed by atoms with Gasteiger partial charge in [0.05, 0.1) is 16.6 Å². The summed E-state index contributed by atoms with van der Waals surface area (Å²) in [6.45, 7) is 4.94. The Morgan fingerprint density at radius 1 is 1.41 bits per heavy atom. The zero-order valence-corrected chi connectivity index (χ0v) is 9.69. The molecule has 0 N–H and O–H groups in total. The third-order valence-corrected chi connectivity index (χ3v) is 1.78. The van der Waals surface area contributed by atoms with E-state index in [1.807, 2.05) is 0 Å². The molecule has 0 aliphatic rings. The molecule has 92 valence electrons. The molecule has 0 atom stereocenters. The summed E-state index contributed by atoms with van der Waals surface area (Å²) in [5, 5.41) is 10.4. The van der Waals surface area contributed by atoms with E-state index in [1.165, 1.54) is 0 Å². The van der Waals surface area contributed by atoms with Crippen LogP contribution in [0.4, 0.5) is 10.1 Å². The highest BCUT2D eigenvalue weighted by atomic mass is 19.1. The molecule has 17 heavy (non-hydrogen) atoms. The van der Waals surface area contributed by atoms with Crippen molar-refractivity contribution in [3.63, 3.8) is 0 Å². The van der Waals surface area contributed by atoms with Crippen molar-refractivity contribution in [1.29, 1.82) is 0 Å². The van der Waals surface area contributed by atoms with E-state index in [0.29, 0.717) is 6.07 Å². The van der Waals surface area contributed by atoms with Crippen LogP contribution in [0, 0.1) is 15.9 Å². The molecule has 0 aromatic heterocycles. The molecule has 0 saturated carbocycles. The molecule has 0 saturated heterocycles. The summed E-state index contributed by atoms with van der Waals surface area (Å²) in [6, 6.07) is 2.79. The Kier molecular flexibility index (Phi) is 3.45. The molecule has 0 bridgehead atoms. The van der Waals surface area contributed by atoms with Crippen LogP contribution in [0.3, 0.4) is 0 Å². The number of benzene rings is 1. The molecule has 0 unspecified atom stereocenters. The second kappa shape index (κ2) is 4.48. The Morgan fingerprint density at radius 2 is 2.00 bits per heavy atom. The summed E-state index contributed by atoms with van der Waals surface area (Å²) in [5.74, 6) is -1.81. The first kappa shape index (κ1) is 13.1. The van der Waals surface area contributed by atoms with Crippen molar-refractivity contribution >= 4 is 11.7 Å². The fraction of sp³-hybridized carbons (Fsp3) is 0.364. The average molecular weight is 241 g/mol. The number of non-ortho nitro benzene ring substituents is 1. The summed E-state index contributed by atoms with van der Waals surface area (Å²) in [7, 11) is 0. The predicted molar refractivity (Wildman–Crippen MR) is 58.2 cm³/mol. The van der Waals surface area contributed by atoms with Gasteiger partial charge in [0.25, 0.3) is 5.69 Å². The summed E-state index contributed by atoms with van der Waals surface area (Å²) in [4.78, 5) is 21.2. The molecule has 6 heteroatoms. The molecule has 1 rings (SSSR count). The monoisotopic (exact) mass is 241 g/mol. The smallest absolute Gasteiger partial charge is 0.341 e. The molecule has 0 amide bonds. The zero-order chi connectivity index (χ0) is 13.2. The van der Waals surface area contributed by atoms with E-state index < -0.39 is 28.0 Å². The first-order valence-electron chi connectivity index (χ1n) is 4.88. The van der Waals surface area contributed by atoms with Crippen molar-refractivity contribution in [3.05, 3.63) is 39.7 Å². The maximum absolute atomic E-state index is 13.4. The summed E-state index contributed by atoms with van der Waals surface area (Å²) >= 11 is 0. The molecular formula is C11H12FNO4. The normalized spacial score (nSPS) is 11.1. The molecule has 0 fully saturated rings. The quantitative estimate of drug-likeness (QED) is 0.453. The summed E-state index contributed by atoms with van der Waals surface area (Å²) in [5.41, 5.74) is -1.47. The minimum absolute atomic E-state index is 0.314. The van der Waals surface area contributed by atoms with Gasteiger partial charge in [-0.25, -0.2) is 9.18 Å². The number of ether oxygens (including phenoxy) is 1. The minimum atomic E-state index is -0.964. The molecule has 0 aliphatic heterocycles. The van der Waals surface area contributed by atoms with Crippen molar-refractivity contribution in [1.82, 2.24) is 0 Å². The number of hydrogen-bond acceptors (Lipinski definition) is 4. The lowest BCUT2D eigenvalue weighted by atomic mass is 10.1. The largest absolute Gasteiger partial charge is 0.456 e. The van der Waals surface area contributed by atoms with Gasteiger partial charge in [-0.1, -0.05) is 0 Å². The molecule has 0 heterocycles. The van der Waals surface area contributed by atoms with Gasteiger partial charge in [-0.2, -0.15) is 0 Å². The molecule has 0 aliphatic carbocycles. The second-order valence-corrected chi connectivity index (χ2v) is 4.42. The van der Waals surface area contributed by atoms with Crippen LogP contribution in [0.2, 0.25) is 0 Å². The number of carbonyl (C=O) groups excluding carboxylic acids is 1. The number of esters is 1. The number of halogens is 1. The SMILES string of the molecule is CC(C)(C)OC(=O)c1ccc([N+](=O)[O-])cc1F. The van der Waals surface area contributed by atoms with Gasteiger partial charge in [0.15, 0.2) is 0 Å². The highest BCUT2D eigenvalue weighted by Gasteiger charge is 2.22. The summed E-state index contributed by atoms with van der Waals surface area (Å²) in [6.07, 6.45) is 0. The Hall–Kier alpha value is -1.98. The van der Waals surface area contributed by atoms with Crippen LogP contribution in [0.25, 0.3) is 0 Å². The molecular weight excluding hydrogens is 229 g/mol. The molecule has 5 nitrogen and oxygen atoms in total. The van der Waals surface area contributed by atoms with E-state index in [0.717, 1.165) is 12.1 Å². The average Bonchev–Trinajstić information content (AvgIpc) is 2.14. The summed E-state index contributed by atoms with van der Waals surface area (Å²) < 4.78 is 18.4. The van der Waals surface area contributed by atoms with Crippen LogP contribution in [0.1, 0.15) is 31.1 Å². The Morgan fingerprint density at radius 3 is 2.41 bits per heavy atom. The Balaban J connectivity index is 3.00. The number of nitro benzene ring substituents is 1. The zero-order valence-electron chi connectivity index (χ0n) is 9.69. The first-order chi connectivity index (χ1) is 7.70. The van der Waals surface area contributed by atoms with Crippen LogP contribution >= 0.6 is 0 Å². The Bertz CT molecular complexity index is 465. The second-order valence-electron chi connectivity index (χ2n) is 4.42. The van der Waals surface area contributed by atoms with Crippen LogP contribution in [0.5, 0.6) is 0 Å². The van der Waals surface area contributed by atoms with Crippen LogP contribution < -0.4 is 0 Å². The molecule has 0 spiro atoms. The lowest BCUT2D eigenvalue weighted by Crippen LogP contribution is -2.24. The molecule has 1 aromatic rings. The van der Waals surface area contributed by atoms with Gasteiger partial charge < -0.3 is 4.74 Å². The van der Waals surface area contributed by atoms with Gasteiger partial charge in [0.1, 0.15) is 11.4 Å². The van der Waals surface area contributed by atoms with Crippen molar-refractivity contribution < 1.29 is 18.8 Å². The third-order valence-electron chi connectivity index (χ3n) is 1.78. The van der Waals surface area contributed by atoms with Crippen LogP contribution in [-0.4, -0.2) is 16.5 Å². The highest BCUT2D eigenvalue weighted by molar-refractivity contribution is 5.90. The van der Waals surface area contributed by atoms with Crippen molar-refractivity contribution in [2.45, 2.75) is 26.4 Å². The van der Waals surface area contributed by atoms with E-state index in [1.54, 1.807) is 20.8 Å². The Labute approximate surface area is 97.3 Å². The highest BCUT2D eigenvalue weighted by Crippen LogP contribution is 2.19. The van der Waals surface area contributed by atoms with E-state index in [-0.39, 0.29) is 5.56 Å². The maximum Gasteiger partial charge on any atom is 0.341 e. The van der Waals surface area contributed by atoms with Gasteiger partial charge >= 0.3 is 5.97 Å². The van der Waals surface area contributed by atoms with E-state index in [2.05, 4.69) is 0 Å². The number of hydrogen-bond donors (Lipinski definition) is 0. The number of rotatable bonds is 2. The first-order valence-corrected chi connectivity index (χ1v) is 4.88. The van der Waals surface area contributed by atoms with Crippen LogP contribution in [0.15, 0.2) is 18.2 Å². The van der Waals surface area contributed by atoms with Gasteiger partial charge in [0, 0.05) is 6.07 Å². The minimum Gasteiger partial charge on any atom is -0.456 e. The topological polar surface area (TPSA) is 69.4 Å². The van der Waals surface area contributed by atoms with Crippen molar-refractivity contribution in [2.24, 2.45) is 0 Å².